The predicted octanol–water partition coefficient (Wildman–Crippen LogP) is 23.2. The van der Waals surface area contributed by atoms with Crippen LogP contribution in [0.1, 0.15) is 329 Å². The highest BCUT2D eigenvalue weighted by molar-refractivity contribution is 5.71. The summed E-state index contributed by atoms with van der Waals surface area (Å²) in [6.07, 6.45) is 90.3. The van der Waals surface area contributed by atoms with E-state index in [9.17, 15) is 14.4 Å². The van der Waals surface area contributed by atoms with E-state index >= 15 is 0 Å². The van der Waals surface area contributed by atoms with Gasteiger partial charge in [0.1, 0.15) is 13.2 Å². The van der Waals surface area contributed by atoms with Gasteiger partial charge in [0.2, 0.25) is 0 Å². The van der Waals surface area contributed by atoms with Crippen molar-refractivity contribution >= 4 is 17.9 Å². The Bertz CT molecular complexity index is 1540. The molecular weight excluding hydrogens is 973 g/mol. The van der Waals surface area contributed by atoms with Crippen LogP contribution >= 0.6 is 0 Å². The van der Waals surface area contributed by atoms with E-state index in [0.29, 0.717) is 19.3 Å². The first-order valence-corrected chi connectivity index (χ1v) is 33.7. The zero-order valence-electron chi connectivity index (χ0n) is 52.1. The Morgan fingerprint density at radius 3 is 0.848 bits per heavy atom. The summed E-state index contributed by atoms with van der Waals surface area (Å²) in [5, 5.41) is 0. The third-order valence-corrected chi connectivity index (χ3v) is 14.6. The second-order valence-corrected chi connectivity index (χ2v) is 22.3. The van der Waals surface area contributed by atoms with Gasteiger partial charge < -0.3 is 14.2 Å². The summed E-state index contributed by atoms with van der Waals surface area (Å²) in [5.74, 6) is -0.964. The van der Waals surface area contributed by atoms with E-state index in [-0.39, 0.29) is 37.5 Å². The second-order valence-electron chi connectivity index (χ2n) is 22.3. The molecule has 1 atom stereocenters. The van der Waals surface area contributed by atoms with Crippen LogP contribution in [0.5, 0.6) is 0 Å². The zero-order chi connectivity index (χ0) is 57.1. The molecular formula is C73H126O6. The second kappa shape index (κ2) is 66.8. The molecule has 0 saturated heterocycles. The SMILES string of the molecule is CC/C=C\C/C=C\C/C=C\C/C=C\CCCCCCCCCCCCCCCCCCCCCCC(=O)OCC(COC(=O)CC/C=C\C/C=C\C/C=C\C/C=C\CC)OC(=O)CCCCCCCCCCCCCCCCC. The standard InChI is InChI=1S/C73H126O6/c1-4-7-10-13-16-19-22-25-27-28-29-30-31-32-33-34-35-36-37-38-39-40-41-42-43-44-46-48-51-54-57-60-63-66-72(75)78-69-70(68-77-71(74)65-62-59-56-53-50-47-24-21-18-15-12-9-6-3)79-73(76)67-64-61-58-55-52-49-45-26-23-20-17-14-11-8-5-2/h7,9-10,12,16,18-19,21,25,27,29-30,47,50,56,59,70H,4-6,8,11,13-15,17,20,22-24,26,28,31-46,48-49,51-55,57-58,60-69H2,1-3H3/b10-7-,12-9-,19-16-,21-18-,27-25-,30-29-,50-47-,59-56-. The van der Waals surface area contributed by atoms with Crippen molar-refractivity contribution in [3.63, 3.8) is 0 Å². The highest BCUT2D eigenvalue weighted by atomic mass is 16.6. The highest BCUT2D eigenvalue weighted by Crippen LogP contribution is 2.18. The minimum atomic E-state index is -0.803. The fraction of sp³-hybridized carbons (Fsp3) is 0.740. The van der Waals surface area contributed by atoms with Crippen LogP contribution < -0.4 is 0 Å². The molecule has 0 aromatic carbocycles. The summed E-state index contributed by atoms with van der Waals surface area (Å²) in [6.45, 7) is 6.38. The normalized spacial score (nSPS) is 12.7. The molecule has 0 saturated carbocycles. The largest absolute Gasteiger partial charge is 0.462 e. The Morgan fingerprint density at radius 1 is 0.266 bits per heavy atom. The lowest BCUT2D eigenvalue weighted by molar-refractivity contribution is -0.166. The minimum Gasteiger partial charge on any atom is -0.462 e. The Morgan fingerprint density at radius 2 is 0.519 bits per heavy atom. The lowest BCUT2D eigenvalue weighted by atomic mass is 10.0. The van der Waals surface area contributed by atoms with Gasteiger partial charge >= 0.3 is 17.9 Å². The average molecular weight is 1100 g/mol. The number of allylic oxidation sites excluding steroid dienone is 16. The van der Waals surface area contributed by atoms with Crippen molar-refractivity contribution in [2.24, 2.45) is 0 Å². The maximum atomic E-state index is 12.9. The molecule has 6 heteroatoms. The monoisotopic (exact) mass is 1100 g/mol. The van der Waals surface area contributed by atoms with Crippen molar-refractivity contribution in [1.82, 2.24) is 0 Å². The number of esters is 3. The molecule has 0 heterocycles. The number of unbranched alkanes of at least 4 members (excludes halogenated alkanes) is 34. The molecule has 0 aliphatic heterocycles. The van der Waals surface area contributed by atoms with Crippen molar-refractivity contribution in [3.8, 4) is 0 Å². The van der Waals surface area contributed by atoms with Gasteiger partial charge in [-0.2, -0.15) is 0 Å². The van der Waals surface area contributed by atoms with Gasteiger partial charge in [-0.1, -0.05) is 323 Å². The molecule has 0 N–H and O–H groups in total. The summed E-state index contributed by atoms with van der Waals surface area (Å²) in [6, 6.07) is 0. The van der Waals surface area contributed by atoms with Gasteiger partial charge in [-0.05, 0) is 83.5 Å². The maximum Gasteiger partial charge on any atom is 0.306 e. The molecule has 0 aliphatic rings. The lowest BCUT2D eigenvalue weighted by Gasteiger charge is -2.18. The van der Waals surface area contributed by atoms with Crippen molar-refractivity contribution in [1.29, 1.82) is 0 Å². The van der Waals surface area contributed by atoms with Crippen LogP contribution in [-0.2, 0) is 28.6 Å². The summed E-state index contributed by atoms with van der Waals surface area (Å²) in [5.41, 5.74) is 0. The topological polar surface area (TPSA) is 78.9 Å². The van der Waals surface area contributed by atoms with Crippen LogP contribution in [-0.4, -0.2) is 37.2 Å². The van der Waals surface area contributed by atoms with E-state index in [4.69, 9.17) is 14.2 Å². The van der Waals surface area contributed by atoms with Crippen molar-refractivity contribution in [2.45, 2.75) is 335 Å². The summed E-state index contributed by atoms with van der Waals surface area (Å²) < 4.78 is 16.9. The average Bonchev–Trinajstić information content (AvgIpc) is 3.45. The molecule has 0 bridgehead atoms. The van der Waals surface area contributed by atoms with Gasteiger partial charge in [-0.15, -0.1) is 0 Å². The zero-order valence-corrected chi connectivity index (χ0v) is 52.1. The number of carbonyl (C=O) groups is 3. The first-order chi connectivity index (χ1) is 39.0. The van der Waals surface area contributed by atoms with Gasteiger partial charge in [-0.3, -0.25) is 14.4 Å². The molecule has 79 heavy (non-hydrogen) atoms. The Labute approximate surface area is 489 Å². The van der Waals surface area contributed by atoms with Gasteiger partial charge in [0.15, 0.2) is 6.10 Å². The molecule has 6 nitrogen and oxygen atoms in total. The minimum absolute atomic E-state index is 0.0944. The third-order valence-electron chi connectivity index (χ3n) is 14.6. The molecule has 0 rings (SSSR count). The first-order valence-electron chi connectivity index (χ1n) is 33.7. The van der Waals surface area contributed by atoms with E-state index < -0.39 is 6.10 Å². The molecule has 0 amide bonds. The lowest BCUT2D eigenvalue weighted by Crippen LogP contribution is -2.30. The van der Waals surface area contributed by atoms with Crippen LogP contribution in [0, 0.1) is 0 Å². The van der Waals surface area contributed by atoms with Gasteiger partial charge in [0, 0.05) is 19.3 Å². The van der Waals surface area contributed by atoms with Crippen molar-refractivity contribution in [2.75, 3.05) is 13.2 Å². The van der Waals surface area contributed by atoms with Gasteiger partial charge in [0.05, 0.1) is 0 Å². The highest BCUT2D eigenvalue weighted by Gasteiger charge is 2.19. The first kappa shape index (κ1) is 75.3. The van der Waals surface area contributed by atoms with E-state index in [1.54, 1.807) is 0 Å². The fourth-order valence-electron chi connectivity index (χ4n) is 9.63. The number of hydrogen-bond acceptors (Lipinski definition) is 6. The quantitative estimate of drug-likeness (QED) is 0.0261. The van der Waals surface area contributed by atoms with Crippen molar-refractivity contribution < 1.29 is 28.6 Å². The number of rotatable bonds is 61. The fourth-order valence-corrected chi connectivity index (χ4v) is 9.63. The summed E-state index contributed by atoms with van der Waals surface area (Å²) in [7, 11) is 0. The summed E-state index contributed by atoms with van der Waals surface area (Å²) >= 11 is 0. The smallest absolute Gasteiger partial charge is 0.306 e. The Hall–Kier alpha value is -3.67. The van der Waals surface area contributed by atoms with E-state index in [1.165, 1.54) is 193 Å². The van der Waals surface area contributed by atoms with Crippen molar-refractivity contribution in [3.05, 3.63) is 97.2 Å². The Balaban J connectivity index is 4.15. The molecule has 0 aliphatic carbocycles. The molecule has 0 spiro atoms. The van der Waals surface area contributed by atoms with E-state index in [2.05, 4.69) is 112 Å². The van der Waals surface area contributed by atoms with E-state index in [0.717, 1.165) is 89.9 Å². The maximum absolute atomic E-state index is 12.9. The predicted molar refractivity (Wildman–Crippen MR) is 344 cm³/mol. The van der Waals surface area contributed by atoms with Crippen LogP contribution in [0.4, 0.5) is 0 Å². The van der Waals surface area contributed by atoms with Crippen LogP contribution in [0.25, 0.3) is 0 Å². The molecule has 1 unspecified atom stereocenters. The van der Waals surface area contributed by atoms with Crippen LogP contribution in [0.3, 0.4) is 0 Å². The molecule has 0 fully saturated rings. The van der Waals surface area contributed by atoms with Crippen LogP contribution in [0.15, 0.2) is 97.2 Å². The number of hydrogen-bond donors (Lipinski definition) is 0. The third kappa shape index (κ3) is 65.0. The number of ether oxygens (including phenoxy) is 3. The van der Waals surface area contributed by atoms with E-state index in [1.807, 2.05) is 6.08 Å². The molecule has 0 radical (unpaired) electrons. The molecule has 454 valence electrons. The number of carbonyl (C=O) groups excluding carboxylic acids is 3. The summed E-state index contributed by atoms with van der Waals surface area (Å²) in [4.78, 5) is 38.2. The van der Waals surface area contributed by atoms with Gasteiger partial charge in [0.25, 0.3) is 0 Å². The van der Waals surface area contributed by atoms with Crippen LogP contribution in [0.2, 0.25) is 0 Å². The molecule has 0 aromatic rings. The Kier molecular flexibility index (Phi) is 63.7. The van der Waals surface area contributed by atoms with Gasteiger partial charge in [-0.25, -0.2) is 0 Å². The molecule has 0 aromatic heterocycles.